The van der Waals surface area contributed by atoms with E-state index in [9.17, 15) is 24.0 Å². The highest BCUT2D eigenvalue weighted by molar-refractivity contribution is 6.36. The first-order chi connectivity index (χ1) is 23.1. The molecule has 3 saturated carbocycles. The van der Waals surface area contributed by atoms with Crippen LogP contribution in [-0.4, -0.2) is 96.2 Å². The number of rotatable bonds is 14. The molecule has 0 aromatic carbocycles. The fraction of sp³-hybridized carbons (Fsp3) is 0.878. The number of fused-ring (bicyclic) bond motifs is 1. The van der Waals surface area contributed by atoms with E-state index in [2.05, 4.69) is 51.5 Å². The van der Waals surface area contributed by atoms with E-state index < -0.39 is 35.0 Å². The molecule has 50 heavy (non-hydrogen) atoms. The zero-order chi connectivity index (χ0) is 37.0. The first kappa shape index (κ1) is 39.1. The monoisotopic (exact) mass is 697 g/mol. The highest BCUT2D eigenvalue weighted by Crippen LogP contribution is 2.88. The highest BCUT2D eigenvalue weighted by atomic mass is 16.2. The predicted molar refractivity (Wildman–Crippen MR) is 196 cm³/mol. The largest absolute Gasteiger partial charge is 0.363 e. The van der Waals surface area contributed by atoms with Gasteiger partial charge < -0.3 is 20.4 Å². The Balaban J connectivity index is 1.37. The third-order valence-electron chi connectivity index (χ3n) is 14.9. The quantitative estimate of drug-likeness (QED) is 0.237. The van der Waals surface area contributed by atoms with Crippen LogP contribution >= 0.6 is 0 Å². The van der Waals surface area contributed by atoms with Crippen molar-refractivity contribution in [3.8, 4) is 0 Å². The molecule has 5 fully saturated rings. The number of ketones is 3. The van der Waals surface area contributed by atoms with Crippen LogP contribution in [0.3, 0.4) is 0 Å². The van der Waals surface area contributed by atoms with Crippen molar-refractivity contribution in [2.75, 3.05) is 46.3 Å². The van der Waals surface area contributed by atoms with Crippen LogP contribution in [-0.2, 0) is 24.0 Å². The zero-order valence-corrected chi connectivity index (χ0v) is 32.9. The Morgan fingerprint density at radius 1 is 0.820 bits per heavy atom. The van der Waals surface area contributed by atoms with Crippen molar-refractivity contribution in [3.05, 3.63) is 0 Å². The number of piperazine rings is 1. The van der Waals surface area contributed by atoms with E-state index in [0.29, 0.717) is 31.7 Å². The van der Waals surface area contributed by atoms with Crippen LogP contribution in [0.4, 0.5) is 0 Å². The minimum Gasteiger partial charge on any atom is -0.363 e. The van der Waals surface area contributed by atoms with Crippen molar-refractivity contribution in [2.45, 2.75) is 132 Å². The maximum Gasteiger partial charge on any atom is 0.285 e. The summed E-state index contributed by atoms with van der Waals surface area (Å²) in [5.41, 5.74) is 4.89. The van der Waals surface area contributed by atoms with Crippen molar-refractivity contribution in [2.24, 2.45) is 56.5 Å². The second-order valence-electron chi connectivity index (χ2n) is 20.0. The second kappa shape index (κ2) is 14.0. The number of hydrogen-bond donors (Lipinski definition) is 1. The van der Waals surface area contributed by atoms with Gasteiger partial charge in [0.25, 0.3) is 5.91 Å². The zero-order valence-electron chi connectivity index (χ0n) is 32.9. The normalized spacial score (nSPS) is 28.5. The van der Waals surface area contributed by atoms with E-state index in [-0.39, 0.29) is 57.9 Å². The minimum atomic E-state index is -0.984. The lowest BCUT2D eigenvalue weighted by Gasteiger charge is -2.39. The number of amides is 2. The average molecular weight is 697 g/mol. The number of nitrogens with two attached hydrogens (primary N) is 1. The molecule has 0 radical (unpaired) electrons. The Labute approximate surface area is 302 Å². The van der Waals surface area contributed by atoms with Crippen LogP contribution < -0.4 is 5.73 Å². The molecule has 1 unspecified atom stereocenters. The lowest BCUT2D eigenvalue weighted by atomic mass is 9.73. The first-order valence-electron chi connectivity index (χ1n) is 19.7. The number of primary amides is 1. The molecule has 2 N–H and O–H groups in total. The number of carbonyl (C=O) groups is 5. The highest BCUT2D eigenvalue weighted by Gasteiger charge is 2.85. The van der Waals surface area contributed by atoms with Crippen LogP contribution in [0.25, 0.3) is 0 Å². The number of hydrogen-bond acceptors (Lipinski definition) is 7. The fourth-order valence-corrected chi connectivity index (χ4v) is 10.6. The molecule has 5 aliphatic rings. The van der Waals surface area contributed by atoms with Gasteiger partial charge in [-0.2, -0.15) is 0 Å². The fourth-order valence-electron chi connectivity index (χ4n) is 10.6. The molecule has 9 nitrogen and oxygen atoms in total. The van der Waals surface area contributed by atoms with Crippen molar-refractivity contribution in [1.29, 1.82) is 0 Å². The van der Waals surface area contributed by atoms with Crippen molar-refractivity contribution >= 4 is 29.2 Å². The van der Waals surface area contributed by atoms with Gasteiger partial charge in [-0.05, 0) is 66.2 Å². The molecule has 0 bridgehead atoms. The molecule has 2 aliphatic heterocycles. The lowest BCUT2D eigenvalue weighted by Crippen LogP contribution is -2.49. The summed E-state index contributed by atoms with van der Waals surface area (Å²) in [4.78, 5) is 75.1. The summed E-state index contributed by atoms with van der Waals surface area (Å²) in [7, 11) is 2.15. The molecule has 2 amide bonds. The predicted octanol–water partition coefficient (Wildman–Crippen LogP) is 5.53. The van der Waals surface area contributed by atoms with Crippen molar-refractivity contribution in [1.82, 2.24) is 14.7 Å². The van der Waals surface area contributed by atoms with Gasteiger partial charge in [0, 0.05) is 75.8 Å². The Morgan fingerprint density at radius 3 is 1.90 bits per heavy atom. The molecule has 282 valence electrons. The number of nitrogens with zero attached hydrogens (tertiary/aromatic N) is 3. The molecule has 3 aliphatic carbocycles. The van der Waals surface area contributed by atoms with Gasteiger partial charge >= 0.3 is 0 Å². The number of Topliss-reactive ketones (excluding diaryl/α,β-unsaturated/α-hetero) is 3. The van der Waals surface area contributed by atoms with Gasteiger partial charge in [0.05, 0.1) is 6.04 Å². The number of likely N-dealkylation sites (N-methyl/N-ethyl adjacent to an activating group) is 1. The molecule has 2 heterocycles. The molecular weight excluding hydrogens is 628 g/mol. The maximum absolute atomic E-state index is 14.9. The van der Waals surface area contributed by atoms with Gasteiger partial charge in [-0.15, -0.1) is 0 Å². The van der Waals surface area contributed by atoms with Crippen molar-refractivity contribution in [3.63, 3.8) is 0 Å². The summed E-state index contributed by atoms with van der Waals surface area (Å²) >= 11 is 0. The SMILES string of the molecule is CN1CCN(C[C@H](CC(=O)C[C@H](C(=O)N2C[C@]3(C[C@H]2C(=O)CC(CC2CCC2)C(=O)C(N)=O)C(C)(C)C32CCC2)C(C)(C)C)C(C)(C)C)CC1. The molecule has 9 heteroatoms. The minimum absolute atomic E-state index is 0.00355. The summed E-state index contributed by atoms with van der Waals surface area (Å²) in [5.74, 6) is -2.59. The van der Waals surface area contributed by atoms with E-state index in [1.807, 2.05) is 25.7 Å². The Bertz CT molecular complexity index is 1330. The van der Waals surface area contributed by atoms with Gasteiger partial charge in [0.15, 0.2) is 5.78 Å². The van der Waals surface area contributed by atoms with E-state index in [0.717, 1.165) is 71.2 Å². The Morgan fingerprint density at radius 2 is 1.44 bits per heavy atom. The first-order valence-corrected chi connectivity index (χ1v) is 19.7. The summed E-state index contributed by atoms with van der Waals surface area (Å²) in [6, 6.07) is -0.661. The van der Waals surface area contributed by atoms with E-state index in [1.165, 1.54) is 0 Å². The van der Waals surface area contributed by atoms with E-state index >= 15 is 0 Å². The molecule has 5 rings (SSSR count). The van der Waals surface area contributed by atoms with E-state index in [1.54, 1.807) is 0 Å². The van der Waals surface area contributed by atoms with Crippen LogP contribution in [0.1, 0.15) is 126 Å². The van der Waals surface area contributed by atoms with Gasteiger partial charge in [0.1, 0.15) is 5.78 Å². The Kier molecular flexibility index (Phi) is 11.0. The lowest BCUT2D eigenvalue weighted by molar-refractivity contribution is -0.147. The summed E-state index contributed by atoms with van der Waals surface area (Å²) in [6.07, 6.45) is 8.08. The van der Waals surface area contributed by atoms with Gasteiger partial charge in [-0.3, -0.25) is 24.0 Å². The summed E-state index contributed by atoms with van der Waals surface area (Å²) in [5, 5.41) is 0. The Hall–Kier alpha value is -2.13. The topological polar surface area (TPSA) is 121 Å². The van der Waals surface area contributed by atoms with Crippen molar-refractivity contribution < 1.29 is 24.0 Å². The van der Waals surface area contributed by atoms with Gasteiger partial charge in [-0.1, -0.05) is 81.1 Å². The average Bonchev–Trinajstić information content (AvgIpc) is 3.19. The summed E-state index contributed by atoms with van der Waals surface area (Å²) in [6.45, 7) is 22.8. The summed E-state index contributed by atoms with van der Waals surface area (Å²) < 4.78 is 0. The molecule has 2 spiro atoms. The van der Waals surface area contributed by atoms with Crippen LogP contribution in [0.15, 0.2) is 0 Å². The second-order valence-corrected chi connectivity index (χ2v) is 20.0. The number of likely N-dealkylation sites (tertiary alicyclic amines) is 1. The standard InChI is InChI=1S/C41H68N4O5/c1-37(2,3)29(25-44-18-16-43(9)17-19-44)22-30(46)23-31(38(4,5)6)36(50)45-26-41(39(7,8)40(41)14-11-15-40)24-32(45)33(47)21-28(34(48)35(42)49)20-27-12-10-13-27/h27-29,31-32H,10-26H2,1-9H3,(H2,42,49)/t28?,29-,31+,32-,41+/m0/s1. The molecular formula is C41H68N4O5. The number of carbonyl (C=O) groups excluding carboxylic acids is 5. The maximum atomic E-state index is 14.9. The molecule has 0 aromatic heterocycles. The van der Waals surface area contributed by atoms with E-state index in [4.69, 9.17) is 5.73 Å². The molecule has 2 saturated heterocycles. The van der Waals surface area contributed by atoms with Gasteiger partial charge in [0.2, 0.25) is 11.7 Å². The van der Waals surface area contributed by atoms with Crippen LogP contribution in [0.2, 0.25) is 0 Å². The third-order valence-corrected chi connectivity index (χ3v) is 14.9. The van der Waals surface area contributed by atoms with Crippen LogP contribution in [0.5, 0.6) is 0 Å². The third kappa shape index (κ3) is 7.25. The molecule has 5 atom stereocenters. The van der Waals surface area contributed by atoms with Gasteiger partial charge in [-0.25, -0.2) is 0 Å². The smallest absolute Gasteiger partial charge is 0.285 e. The molecule has 0 aromatic rings. The van der Waals surface area contributed by atoms with Crippen LogP contribution in [0, 0.1) is 50.7 Å².